The minimum Gasteiger partial charge on any atom is -0.476 e. The summed E-state index contributed by atoms with van der Waals surface area (Å²) in [5.41, 5.74) is -2.47. The molecule has 0 aliphatic heterocycles. The quantitative estimate of drug-likeness (QED) is 0.758. The molecule has 16 heavy (non-hydrogen) atoms. The summed E-state index contributed by atoms with van der Waals surface area (Å²) in [5.74, 6) is -2.10. The smallest absolute Gasteiger partial charge is 0.420 e. The molecule has 1 N–H and O–H groups in total. The van der Waals surface area contributed by atoms with Gasteiger partial charge in [-0.3, -0.25) is 0 Å². The number of aromatic carboxylic acids is 1. The van der Waals surface area contributed by atoms with E-state index in [1.54, 1.807) is 0 Å². The average molecular weight is 233 g/mol. The Hall–Kier alpha value is -2.26. The highest BCUT2D eigenvalue weighted by molar-refractivity contribution is 5.88. The largest absolute Gasteiger partial charge is 0.476 e. The highest BCUT2D eigenvalue weighted by Gasteiger charge is 2.38. The van der Waals surface area contributed by atoms with Gasteiger partial charge in [-0.1, -0.05) is 5.10 Å². The lowest BCUT2D eigenvalue weighted by Crippen LogP contribution is -2.18. The molecule has 2 aromatic heterocycles. The molecule has 0 fully saturated rings. The number of nitrogens with zero attached hydrogens (tertiary/aromatic N) is 5. The maximum Gasteiger partial charge on any atom is 0.420 e. The van der Waals surface area contributed by atoms with Gasteiger partial charge in [0, 0.05) is 6.20 Å². The number of hydrogen-bond acceptors (Lipinski definition) is 5. The SMILES string of the molecule is O=C(O)c1c(C(F)(F)F)cnc2nnnn12. The molecule has 0 spiro atoms. The van der Waals surface area contributed by atoms with Gasteiger partial charge in [0.05, 0.1) is 0 Å². The fraction of sp³-hybridized carbons (Fsp3) is 0.167. The molecule has 0 atom stereocenters. The highest BCUT2D eigenvalue weighted by atomic mass is 19.4. The molecular formula is C6H2F3N5O2. The van der Waals surface area contributed by atoms with Crippen molar-refractivity contribution in [3.05, 3.63) is 17.5 Å². The normalized spacial score (nSPS) is 11.9. The summed E-state index contributed by atoms with van der Waals surface area (Å²) in [7, 11) is 0. The topological polar surface area (TPSA) is 93.3 Å². The Labute approximate surface area is 84.5 Å². The van der Waals surface area contributed by atoms with Crippen molar-refractivity contribution in [1.29, 1.82) is 0 Å². The average Bonchev–Trinajstić information content (AvgIpc) is 2.61. The Morgan fingerprint density at radius 1 is 1.44 bits per heavy atom. The van der Waals surface area contributed by atoms with Gasteiger partial charge in [0.2, 0.25) is 0 Å². The molecule has 84 valence electrons. The van der Waals surface area contributed by atoms with Gasteiger partial charge in [-0.2, -0.15) is 17.7 Å². The Morgan fingerprint density at radius 3 is 2.69 bits per heavy atom. The number of halogens is 3. The molecule has 0 aliphatic carbocycles. The van der Waals surface area contributed by atoms with Gasteiger partial charge in [0.1, 0.15) is 5.56 Å². The van der Waals surface area contributed by atoms with Crippen LogP contribution in [-0.4, -0.2) is 36.1 Å². The van der Waals surface area contributed by atoms with E-state index in [2.05, 4.69) is 20.5 Å². The van der Waals surface area contributed by atoms with Gasteiger partial charge >= 0.3 is 12.1 Å². The third-order valence-corrected chi connectivity index (χ3v) is 1.74. The summed E-state index contributed by atoms with van der Waals surface area (Å²) < 4.78 is 37.8. The lowest BCUT2D eigenvalue weighted by molar-refractivity contribution is -0.138. The number of hydrogen-bond donors (Lipinski definition) is 1. The van der Waals surface area contributed by atoms with Crippen LogP contribution in [-0.2, 0) is 6.18 Å². The first-order valence-corrected chi connectivity index (χ1v) is 3.79. The van der Waals surface area contributed by atoms with Crippen LogP contribution in [0.25, 0.3) is 5.78 Å². The summed E-state index contributed by atoms with van der Waals surface area (Å²) in [6, 6.07) is 0. The number of aromatic nitrogens is 5. The molecule has 10 heteroatoms. The molecule has 0 unspecified atom stereocenters. The standard InChI is InChI=1S/C6H2F3N5O2/c7-6(8,9)2-1-10-5-11-12-13-14(5)3(2)4(15)16/h1H,(H,15,16). The fourth-order valence-electron chi connectivity index (χ4n) is 1.12. The van der Waals surface area contributed by atoms with E-state index in [1.807, 2.05) is 0 Å². The van der Waals surface area contributed by atoms with Gasteiger partial charge in [0.15, 0.2) is 5.69 Å². The maximum atomic E-state index is 12.5. The van der Waals surface area contributed by atoms with Gasteiger partial charge in [-0.15, -0.1) is 0 Å². The van der Waals surface area contributed by atoms with Crippen molar-refractivity contribution < 1.29 is 23.1 Å². The predicted molar refractivity (Wildman–Crippen MR) is 40.5 cm³/mol. The first kappa shape index (κ1) is 10.3. The second-order valence-corrected chi connectivity index (χ2v) is 2.71. The first-order chi connectivity index (χ1) is 7.41. The number of alkyl halides is 3. The summed E-state index contributed by atoms with van der Waals surface area (Å²) in [4.78, 5) is 14.0. The van der Waals surface area contributed by atoms with Crippen LogP contribution in [0.3, 0.4) is 0 Å². The second kappa shape index (κ2) is 3.12. The molecule has 0 aliphatic rings. The molecule has 0 radical (unpaired) electrons. The zero-order valence-corrected chi connectivity index (χ0v) is 7.30. The van der Waals surface area contributed by atoms with Crippen molar-refractivity contribution in [2.75, 3.05) is 0 Å². The van der Waals surface area contributed by atoms with E-state index in [0.717, 1.165) is 0 Å². The molecule has 0 aromatic carbocycles. The van der Waals surface area contributed by atoms with Crippen molar-refractivity contribution in [3.63, 3.8) is 0 Å². The minimum atomic E-state index is -4.83. The number of rotatable bonds is 1. The van der Waals surface area contributed by atoms with E-state index in [4.69, 9.17) is 5.11 Å². The molecular weight excluding hydrogens is 231 g/mol. The van der Waals surface area contributed by atoms with Crippen molar-refractivity contribution in [2.24, 2.45) is 0 Å². The number of tetrazole rings is 1. The lowest BCUT2D eigenvalue weighted by atomic mass is 10.2. The maximum absolute atomic E-state index is 12.5. The molecule has 2 heterocycles. The van der Waals surface area contributed by atoms with E-state index in [9.17, 15) is 18.0 Å². The van der Waals surface area contributed by atoms with Crippen molar-refractivity contribution in [1.82, 2.24) is 25.0 Å². The van der Waals surface area contributed by atoms with Crippen LogP contribution in [0.1, 0.15) is 16.1 Å². The second-order valence-electron chi connectivity index (χ2n) is 2.71. The van der Waals surface area contributed by atoms with Crippen molar-refractivity contribution >= 4 is 11.7 Å². The van der Waals surface area contributed by atoms with E-state index in [-0.39, 0.29) is 5.78 Å². The van der Waals surface area contributed by atoms with E-state index in [0.29, 0.717) is 10.7 Å². The Morgan fingerprint density at radius 2 is 2.12 bits per heavy atom. The molecule has 0 bridgehead atoms. The van der Waals surface area contributed by atoms with Gasteiger partial charge in [0.25, 0.3) is 5.78 Å². The number of fused-ring (bicyclic) bond motifs is 1. The Bertz CT molecular complexity index is 563. The minimum absolute atomic E-state index is 0.314. The van der Waals surface area contributed by atoms with Crippen LogP contribution in [0.2, 0.25) is 0 Å². The lowest BCUT2D eigenvalue weighted by Gasteiger charge is -2.09. The van der Waals surface area contributed by atoms with Crippen LogP contribution in [0.4, 0.5) is 13.2 Å². The zero-order chi connectivity index (χ0) is 11.9. The fourth-order valence-corrected chi connectivity index (χ4v) is 1.12. The Balaban J connectivity index is 2.84. The molecule has 0 amide bonds. The number of carboxylic acid groups (broad SMARTS) is 1. The molecule has 0 saturated heterocycles. The van der Waals surface area contributed by atoms with Crippen LogP contribution in [0, 0.1) is 0 Å². The summed E-state index contributed by atoms with van der Waals surface area (Å²) in [6.07, 6.45) is -4.45. The van der Waals surface area contributed by atoms with Crippen molar-refractivity contribution in [2.45, 2.75) is 6.18 Å². The molecule has 2 aromatic rings. The monoisotopic (exact) mass is 233 g/mol. The van der Waals surface area contributed by atoms with Crippen LogP contribution < -0.4 is 0 Å². The van der Waals surface area contributed by atoms with Gasteiger partial charge < -0.3 is 5.11 Å². The zero-order valence-electron chi connectivity index (χ0n) is 7.30. The molecule has 7 nitrogen and oxygen atoms in total. The Kier molecular flexibility index (Phi) is 2.00. The summed E-state index contributed by atoms with van der Waals surface area (Å²) in [6.45, 7) is 0. The van der Waals surface area contributed by atoms with E-state index < -0.39 is 23.4 Å². The van der Waals surface area contributed by atoms with E-state index >= 15 is 0 Å². The molecule has 2 rings (SSSR count). The number of carbonyl (C=O) groups is 1. The number of carboxylic acids is 1. The van der Waals surface area contributed by atoms with Gasteiger partial charge in [-0.05, 0) is 10.4 Å². The predicted octanol–water partition coefficient (Wildman–Crippen LogP) is 0.236. The summed E-state index contributed by atoms with van der Waals surface area (Å²) >= 11 is 0. The summed E-state index contributed by atoms with van der Waals surface area (Å²) in [5, 5.41) is 18.1. The van der Waals surface area contributed by atoms with Crippen LogP contribution in [0.5, 0.6) is 0 Å². The van der Waals surface area contributed by atoms with E-state index in [1.165, 1.54) is 0 Å². The third kappa shape index (κ3) is 1.43. The molecule has 0 saturated carbocycles. The van der Waals surface area contributed by atoms with Crippen molar-refractivity contribution in [3.8, 4) is 0 Å². The van der Waals surface area contributed by atoms with Crippen LogP contribution in [0.15, 0.2) is 6.20 Å². The third-order valence-electron chi connectivity index (χ3n) is 1.74. The van der Waals surface area contributed by atoms with Gasteiger partial charge in [-0.25, -0.2) is 9.78 Å². The first-order valence-electron chi connectivity index (χ1n) is 3.79. The highest BCUT2D eigenvalue weighted by Crippen LogP contribution is 2.31. The van der Waals surface area contributed by atoms with Crippen LogP contribution >= 0.6 is 0 Å².